The lowest BCUT2D eigenvalue weighted by Gasteiger charge is -2.19. The zero-order valence-corrected chi connectivity index (χ0v) is 21.2. The Morgan fingerprint density at radius 3 is 2.86 bits per heavy atom. The van der Waals surface area contributed by atoms with Crippen molar-refractivity contribution in [3.63, 3.8) is 0 Å². The van der Waals surface area contributed by atoms with Gasteiger partial charge in [-0.05, 0) is 49.3 Å². The lowest BCUT2D eigenvalue weighted by Crippen LogP contribution is -2.31. The Bertz CT molecular complexity index is 1470. The van der Waals surface area contributed by atoms with Crippen LogP contribution in [0.1, 0.15) is 12.8 Å². The van der Waals surface area contributed by atoms with Gasteiger partial charge >= 0.3 is 6.01 Å². The molecule has 5 rings (SSSR count). The summed E-state index contributed by atoms with van der Waals surface area (Å²) < 4.78 is 35.9. The van der Waals surface area contributed by atoms with E-state index in [4.69, 9.17) is 4.74 Å². The number of nitrogens with zero attached hydrogens (tertiary/aromatic N) is 3. The fraction of sp³-hybridized carbons (Fsp3) is 0.296. The van der Waals surface area contributed by atoms with Gasteiger partial charge in [-0.2, -0.15) is 9.97 Å². The van der Waals surface area contributed by atoms with Crippen LogP contribution >= 0.6 is 11.3 Å². The monoisotopic (exact) mass is 523 g/mol. The summed E-state index contributed by atoms with van der Waals surface area (Å²) in [5, 5.41) is 9.02. The molecule has 2 aromatic carbocycles. The summed E-state index contributed by atoms with van der Waals surface area (Å²) in [6, 6.07) is 11.6. The average molecular weight is 524 g/mol. The van der Waals surface area contributed by atoms with E-state index in [1.165, 1.54) is 0 Å². The first-order valence-electron chi connectivity index (χ1n) is 12.1. The number of carbonyl (C=O) groups is 1. The number of carbonyl (C=O) groups excluding carboxylic acids is 1. The van der Waals surface area contributed by atoms with Gasteiger partial charge in [0.15, 0.2) is 11.6 Å². The molecule has 7 nitrogen and oxygen atoms in total. The van der Waals surface area contributed by atoms with Crippen LogP contribution in [0.5, 0.6) is 6.01 Å². The molecule has 1 fully saturated rings. The second-order valence-electron chi connectivity index (χ2n) is 9.00. The Morgan fingerprint density at radius 1 is 1.22 bits per heavy atom. The van der Waals surface area contributed by atoms with Crippen molar-refractivity contribution in [3.05, 3.63) is 60.0 Å². The van der Waals surface area contributed by atoms with Gasteiger partial charge < -0.3 is 20.3 Å². The highest BCUT2D eigenvalue weighted by molar-refractivity contribution is 7.17. The minimum absolute atomic E-state index is 0.0712. The number of likely N-dealkylation sites (tertiary alicyclic amines) is 1. The highest BCUT2D eigenvalue weighted by atomic mass is 32.1. The van der Waals surface area contributed by atoms with Crippen LogP contribution in [-0.4, -0.2) is 60.1 Å². The zero-order chi connectivity index (χ0) is 25.9. The number of likely N-dealkylation sites (N-methyl/N-ethyl adjacent to an activating group) is 1. The number of ether oxygens (including phenoxy) is 1. The predicted octanol–water partition coefficient (Wildman–Crippen LogP) is 5.13. The molecule has 0 saturated carbocycles. The summed E-state index contributed by atoms with van der Waals surface area (Å²) in [5.74, 6) is -2.03. The van der Waals surface area contributed by atoms with Crippen molar-refractivity contribution in [1.29, 1.82) is 0 Å². The quantitative estimate of drug-likeness (QED) is 0.234. The maximum atomic E-state index is 16.0. The van der Waals surface area contributed by atoms with Crippen molar-refractivity contribution in [3.8, 4) is 17.1 Å². The van der Waals surface area contributed by atoms with Crippen molar-refractivity contribution in [2.45, 2.75) is 18.9 Å². The fourth-order valence-electron chi connectivity index (χ4n) is 4.57. The number of hydrogen-bond donors (Lipinski definition) is 2. The number of hydrogen-bond acceptors (Lipinski definition) is 7. The Kier molecular flexibility index (Phi) is 7.29. The Morgan fingerprint density at radius 2 is 2.08 bits per heavy atom. The van der Waals surface area contributed by atoms with Crippen molar-refractivity contribution in [2.75, 3.05) is 38.6 Å². The molecule has 0 spiro atoms. The van der Waals surface area contributed by atoms with E-state index in [1.54, 1.807) is 23.5 Å². The molecular formula is C27H27F2N5O2S. The molecule has 2 aromatic heterocycles. The second kappa shape index (κ2) is 10.8. The summed E-state index contributed by atoms with van der Waals surface area (Å²) >= 11 is 1.56. The molecule has 2 N–H and O–H groups in total. The van der Waals surface area contributed by atoms with Gasteiger partial charge in [0.25, 0.3) is 5.91 Å². The molecule has 3 heterocycles. The highest BCUT2D eigenvalue weighted by Gasteiger charge is 2.23. The maximum Gasteiger partial charge on any atom is 0.319 e. The molecule has 4 aromatic rings. The molecule has 1 saturated heterocycles. The van der Waals surface area contributed by atoms with Gasteiger partial charge in [0.2, 0.25) is 0 Å². The van der Waals surface area contributed by atoms with Crippen LogP contribution in [-0.2, 0) is 4.79 Å². The smallest absolute Gasteiger partial charge is 0.319 e. The lowest BCUT2D eigenvalue weighted by molar-refractivity contribution is -0.118. The van der Waals surface area contributed by atoms with E-state index in [1.807, 2.05) is 36.7 Å². The van der Waals surface area contributed by atoms with Crippen LogP contribution < -0.4 is 15.4 Å². The van der Waals surface area contributed by atoms with E-state index >= 15 is 4.39 Å². The topological polar surface area (TPSA) is 79.4 Å². The molecule has 10 heteroatoms. The third-order valence-corrected chi connectivity index (χ3v) is 7.54. The minimum Gasteiger partial charge on any atom is -0.462 e. The third kappa shape index (κ3) is 5.26. The first-order chi connectivity index (χ1) is 17.9. The number of thiophene rings is 1. The third-order valence-electron chi connectivity index (χ3n) is 6.58. The molecule has 192 valence electrons. The number of fused-ring (bicyclic) bond motifs is 2. The molecule has 0 aliphatic carbocycles. The molecule has 37 heavy (non-hydrogen) atoms. The Labute approximate surface area is 217 Å². The Balaban J connectivity index is 1.49. The van der Waals surface area contributed by atoms with Gasteiger partial charge in [-0.3, -0.25) is 4.79 Å². The van der Waals surface area contributed by atoms with Crippen molar-refractivity contribution < 1.29 is 18.3 Å². The van der Waals surface area contributed by atoms with Crippen LogP contribution in [0.4, 0.5) is 14.6 Å². The number of nitrogens with one attached hydrogen (secondary N) is 2. The first-order valence-corrected chi connectivity index (χ1v) is 13.0. The van der Waals surface area contributed by atoms with E-state index in [0.29, 0.717) is 23.4 Å². The summed E-state index contributed by atoms with van der Waals surface area (Å²) in [5.41, 5.74) is 1.38. The number of amides is 1. The van der Waals surface area contributed by atoms with Gasteiger partial charge in [-0.25, -0.2) is 8.78 Å². The van der Waals surface area contributed by atoms with Crippen LogP contribution in [0.15, 0.2) is 54.2 Å². The molecular weight excluding hydrogens is 496 g/mol. The number of anilines is 1. The van der Waals surface area contributed by atoms with Crippen LogP contribution in [0.25, 0.3) is 32.1 Å². The second-order valence-corrected chi connectivity index (χ2v) is 9.91. The van der Waals surface area contributed by atoms with Gasteiger partial charge in [-0.1, -0.05) is 30.8 Å². The summed E-state index contributed by atoms with van der Waals surface area (Å²) in [7, 11) is 2.05. The lowest BCUT2D eigenvalue weighted by atomic mass is 10.0. The normalized spacial score (nSPS) is 15.8. The number of aromatic nitrogens is 2. The van der Waals surface area contributed by atoms with E-state index in [0.717, 1.165) is 35.0 Å². The molecule has 0 radical (unpaired) electrons. The standard InChI is InChI=1S/C27H27F2N5O2S/c1-16(28)26(35)31-12-11-30-25-21-9-8-19(20-7-3-5-17-10-14-37-24(17)20)22(29)23(21)32-27(33-25)36-15-18-6-4-13-34(18)2/h3,5,7-10,14,18H,1,4,6,11-13,15H2,2H3,(H,31,35)(H,30,32,33)/t18-/m0/s1. The van der Waals surface area contributed by atoms with E-state index in [-0.39, 0.29) is 30.7 Å². The minimum atomic E-state index is -1.06. The number of benzene rings is 2. The molecule has 1 atom stereocenters. The molecule has 1 aliphatic rings. The predicted molar refractivity (Wildman–Crippen MR) is 143 cm³/mol. The number of halogens is 2. The molecule has 0 bridgehead atoms. The van der Waals surface area contributed by atoms with E-state index in [2.05, 4.69) is 32.1 Å². The van der Waals surface area contributed by atoms with Gasteiger partial charge in [0.05, 0.1) is 0 Å². The van der Waals surface area contributed by atoms with Gasteiger partial charge in [0.1, 0.15) is 17.9 Å². The maximum absolute atomic E-state index is 16.0. The summed E-state index contributed by atoms with van der Waals surface area (Å²) in [6.45, 7) is 4.73. The largest absolute Gasteiger partial charge is 0.462 e. The number of rotatable bonds is 9. The molecule has 1 amide bonds. The van der Waals surface area contributed by atoms with Crippen LogP contribution in [0, 0.1) is 5.82 Å². The first kappa shape index (κ1) is 25.0. The van der Waals surface area contributed by atoms with Crippen LogP contribution in [0.3, 0.4) is 0 Å². The highest BCUT2D eigenvalue weighted by Crippen LogP contribution is 2.37. The van der Waals surface area contributed by atoms with Gasteiger partial charge in [0, 0.05) is 40.3 Å². The van der Waals surface area contributed by atoms with E-state index < -0.39 is 17.6 Å². The van der Waals surface area contributed by atoms with Crippen LogP contribution in [0.2, 0.25) is 0 Å². The SMILES string of the molecule is C=C(F)C(=O)NCCNc1nc(OC[C@@H]2CCCN2C)nc2c(F)c(-c3cccc4ccsc34)ccc12. The summed E-state index contributed by atoms with van der Waals surface area (Å²) in [4.78, 5) is 22.6. The van der Waals surface area contributed by atoms with Crippen molar-refractivity contribution >= 4 is 44.1 Å². The summed E-state index contributed by atoms with van der Waals surface area (Å²) in [6.07, 6.45) is 2.11. The van der Waals surface area contributed by atoms with Gasteiger partial charge in [-0.15, -0.1) is 11.3 Å². The average Bonchev–Trinajstić information content (AvgIpc) is 3.54. The van der Waals surface area contributed by atoms with Crippen molar-refractivity contribution in [1.82, 2.24) is 20.2 Å². The molecule has 1 aliphatic heterocycles. The molecule has 0 unspecified atom stereocenters. The fourth-order valence-corrected chi connectivity index (χ4v) is 5.50. The Hall–Kier alpha value is -3.63. The van der Waals surface area contributed by atoms with E-state index in [9.17, 15) is 9.18 Å². The zero-order valence-electron chi connectivity index (χ0n) is 20.4. The van der Waals surface area contributed by atoms with Crippen molar-refractivity contribution in [2.24, 2.45) is 0 Å².